The lowest BCUT2D eigenvalue weighted by molar-refractivity contribution is 0.282. The maximum atomic E-state index is 9.83. The lowest BCUT2D eigenvalue weighted by Crippen LogP contribution is -2.17. The Morgan fingerprint density at radius 1 is 0.469 bits per heavy atom. The van der Waals surface area contributed by atoms with Crippen LogP contribution in [0.4, 0.5) is 11.4 Å². The highest BCUT2D eigenvalue weighted by Gasteiger charge is 2.16. The van der Waals surface area contributed by atoms with Gasteiger partial charge in [-0.3, -0.25) is 0 Å². The zero-order chi connectivity index (χ0) is 22.2. The van der Waals surface area contributed by atoms with Gasteiger partial charge in [0.05, 0.1) is 36.0 Å². The summed E-state index contributed by atoms with van der Waals surface area (Å²) in [7, 11) is 0. The minimum Gasteiger partial charge on any atom is -0.392 e. The molecule has 0 radical (unpaired) electrons. The molecule has 0 atom stereocenters. The molecule has 0 saturated carbocycles. The second-order valence-corrected chi connectivity index (χ2v) is 7.23. The second-order valence-electron chi connectivity index (χ2n) is 7.23. The summed E-state index contributed by atoms with van der Waals surface area (Å²) in [5.74, 6) is 0. The van der Waals surface area contributed by atoms with Crippen molar-refractivity contribution in [3.05, 3.63) is 131 Å². The molecular weight excluding hydrogens is 396 g/mol. The summed E-state index contributed by atoms with van der Waals surface area (Å²) in [6.07, 6.45) is 0. The van der Waals surface area contributed by atoms with Crippen LogP contribution in [0.3, 0.4) is 0 Å². The van der Waals surface area contributed by atoms with Gasteiger partial charge >= 0.3 is 0 Å². The molecule has 0 saturated heterocycles. The summed E-state index contributed by atoms with van der Waals surface area (Å²) < 4.78 is 0. The number of aliphatic hydroxyl groups is 2. The zero-order valence-electron chi connectivity index (χ0n) is 17.6. The molecule has 0 spiro atoms. The number of benzene rings is 4. The molecule has 4 nitrogen and oxygen atoms in total. The van der Waals surface area contributed by atoms with Gasteiger partial charge in [-0.2, -0.15) is 0 Å². The summed E-state index contributed by atoms with van der Waals surface area (Å²) in [5.41, 5.74) is 6.04. The molecule has 0 heterocycles. The molecule has 4 aromatic rings. The second kappa shape index (κ2) is 10.4. The largest absolute Gasteiger partial charge is 0.392 e. The van der Waals surface area contributed by atoms with E-state index in [0.717, 1.165) is 22.3 Å². The quantitative estimate of drug-likeness (QED) is 0.382. The first-order valence-electron chi connectivity index (χ1n) is 10.5. The van der Waals surface area contributed by atoms with Crippen LogP contribution in [0.2, 0.25) is 0 Å². The molecular formula is C28H24N2O2. The van der Waals surface area contributed by atoms with Gasteiger partial charge < -0.3 is 10.2 Å². The number of rotatable bonds is 7. The monoisotopic (exact) mass is 420 g/mol. The van der Waals surface area contributed by atoms with E-state index in [1.807, 2.05) is 109 Å². The van der Waals surface area contributed by atoms with Crippen molar-refractivity contribution in [3.8, 4) is 0 Å². The number of para-hydroxylation sites is 2. The van der Waals surface area contributed by atoms with E-state index in [9.17, 15) is 10.2 Å². The SMILES string of the molecule is OCc1ccccc1N=C(C(=Nc1ccccc1CO)c1ccccc1)c1ccccc1. The van der Waals surface area contributed by atoms with E-state index in [0.29, 0.717) is 22.8 Å². The first-order valence-corrected chi connectivity index (χ1v) is 10.5. The summed E-state index contributed by atoms with van der Waals surface area (Å²) in [6.45, 7) is -0.209. The molecule has 0 aromatic heterocycles. The van der Waals surface area contributed by atoms with Crippen molar-refractivity contribution in [2.24, 2.45) is 9.98 Å². The van der Waals surface area contributed by atoms with Gasteiger partial charge in [0.15, 0.2) is 0 Å². The molecule has 0 aliphatic rings. The first kappa shape index (κ1) is 21.4. The Morgan fingerprint density at radius 2 is 0.812 bits per heavy atom. The molecule has 4 aromatic carbocycles. The van der Waals surface area contributed by atoms with E-state index in [2.05, 4.69) is 0 Å². The number of nitrogens with zero attached hydrogens (tertiary/aromatic N) is 2. The van der Waals surface area contributed by atoms with Crippen molar-refractivity contribution in [3.63, 3.8) is 0 Å². The van der Waals surface area contributed by atoms with Crippen LogP contribution in [-0.4, -0.2) is 21.6 Å². The third-order valence-corrected chi connectivity index (χ3v) is 5.11. The fourth-order valence-electron chi connectivity index (χ4n) is 3.45. The first-order chi connectivity index (χ1) is 15.8. The Balaban J connectivity index is 2.00. The summed E-state index contributed by atoms with van der Waals surface area (Å²) in [6, 6.07) is 34.9. The predicted octanol–water partition coefficient (Wildman–Crippen LogP) is 5.61. The van der Waals surface area contributed by atoms with E-state index >= 15 is 0 Å². The van der Waals surface area contributed by atoms with Gasteiger partial charge in [-0.1, -0.05) is 97.1 Å². The van der Waals surface area contributed by atoms with Crippen molar-refractivity contribution in [1.82, 2.24) is 0 Å². The molecule has 0 aliphatic heterocycles. The number of hydrogen-bond acceptors (Lipinski definition) is 4. The van der Waals surface area contributed by atoms with Gasteiger partial charge in [0.1, 0.15) is 0 Å². The molecule has 0 bridgehead atoms. The van der Waals surface area contributed by atoms with Gasteiger partial charge in [0.2, 0.25) is 0 Å². The standard InChI is InChI=1S/C28H24N2O2/c31-19-23-15-7-9-17-25(23)29-27(21-11-3-1-4-12-21)28(22-13-5-2-6-14-22)30-26-18-10-8-16-24(26)20-32/h1-18,31-32H,19-20H2. The van der Waals surface area contributed by atoms with Crippen LogP contribution in [0.5, 0.6) is 0 Å². The van der Waals surface area contributed by atoms with Gasteiger partial charge in [0, 0.05) is 22.3 Å². The van der Waals surface area contributed by atoms with Crippen molar-refractivity contribution >= 4 is 22.8 Å². The molecule has 0 aliphatic carbocycles. The lowest BCUT2D eigenvalue weighted by Gasteiger charge is -2.14. The summed E-state index contributed by atoms with van der Waals surface area (Å²) in [5, 5.41) is 19.7. The minimum absolute atomic E-state index is 0.104. The normalized spacial score (nSPS) is 12.1. The summed E-state index contributed by atoms with van der Waals surface area (Å²) >= 11 is 0. The third-order valence-electron chi connectivity index (χ3n) is 5.11. The fourth-order valence-corrected chi connectivity index (χ4v) is 3.45. The average molecular weight is 421 g/mol. The van der Waals surface area contributed by atoms with Gasteiger partial charge in [-0.25, -0.2) is 9.98 Å². The molecule has 0 unspecified atom stereocenters. The van der Waals surface area contributed by atoms with Crippen molar-refractivity contribution < 1.29 is 10.2 Å². The molecule has 2 N–H and O–H groups in total. The van der Waals surface area contributed by atoms with Crippen LogP contribution in [0, 0.1) is 0 Å². The van der Waals surface area contributed by atoms with Gasteiger partial charge in [0.25, 0.3) is 0 Å². The van der Waals surface area contributed by atoms with E-state index in [1.54, 1.807) is 0 Å². The number of aliphatic imine (C=N–C) groups is 2. The Bertz CT molecular complexity index is 1130. The predicted molar refractivity (Wildman–Crippen MR) is 130 cm³/mol. The fraction of sp³-hybridized carbons (Fsp3) is 0.0714. The maximum absolute atomic E-state index is 9.83. The van der Waals surface area contributed by atoms with Gasteiger partial charge in [-0.05, 0) is 12.1 Å². The number of hydrogen-bond donors (Lipinski definition) is 2. The zero-order valence-corrected chi connectivity index (χ0v) is 17.6. The third kappa shape index (κ3) is 4.89. The highest BCUT2D eigenvalue weighted by molar-refractivity contribution is 6.54. The van der Waals surface area contributed by atoms with Gasteiger partial charge in [-0.15, -0.1) is 0 Å². The molecule has 158 valence electrons. The highest BCUT2D eigenvalue weighted by Crippen LogP contribution is 2.25. The maximum Gasteiger partial charge on any atom is 0.0972 e. The van der Waals surface area contributed by atoms with Crippen LogP contribution in [-0.2, 0) is 13.2 Å². The van der Waals surface area contributed by atoms with Crippen molar-refractivity contribution in [2.75, 3.05) is 0 Å². The Morgan fingerprint density at radius 3 is 1.19 bits per heavy atom. The minimum atomic E-state index is -0.104. The molecule has 0 fully saturated rings. The van der Waals surface area contributed by atoms with E-state index < -0.39 is 0 Å². The Kier molecular flexibility index (Phi) is 6.98. The Hall–Kier alpha value is -3.86. The highest BCUT2D eigenvalue weighted by atomic mass is 16.3. The van der Waals surface area contributed by atoms with Crippen LogP contribution in [0.25, 0.3) is 0 Å². The van der Waals surface area contributed by atoms with Crippen LogP contribution >= 0.6 is 0 Å². The average Bonchev–Trinajstić information content (AvgIpc) is 2.87. The van der Waals surface area contributed by atoms with E-state index in [1.165, 1.54) is 0 Å². The van der Waals surface area contributed by atoms with Crippen molar-refractivity contribution in [2.45, 2.75) is 13.2 Å². The van der Waals surface area contributed by atoms with Crippen LogP contribution < -0.4 is 0 Å². The van der Waals surface area contributed by atoms with E-state index in [4.69, 9.17) is 9.98 Å². The Labute approximate surface area is 187 Å². The summed E-state index contributed by atoms with van der Waals surface area (Å²) in [4.78, 5) is 9.98. The molecule has 4 heteroatoms. The molecule has 32 heavy (non-hydrogen) atoms. The topological polar surface area (TPSA) is 65.2 Å². The molecule has 4 rings (SSSR count). The smallest absolute Gasteiger partial charge is 0.0972 e. The van der Waals surface area contributed by atoms with Crippen LogP contribution in [0.15, 0.2) is 119 Å². The lowest BCUT2D eigenvalue weighted by atomic mass is 9.98. The number of aliphatic hydroxyl groups excluding tert-OH is 2. The van der Waals surface area contributed by atoms with E-state index in [-0.39, 0.29) is 13.2 Å². The van der Waals surface area contributed by atoms with Crippen LogP contribution in [0.1, 0.15) is 22.3 Å². The molecule has 0 amide bonds. The van der Waals surface area contributed by atoms with Crippen molar-refractivity contribution in [1.29, 1.82) is 0 Å².